The topological polar surface area (TPSA) is 178 Å². The standard InChI is InChI=1S/C30H37NO8/c1-3-4-14-5-7-15(8-6-14)11-16-9-10-17-13(2)20-23(26(35)21(17)24(16)33)28(37)30(39)18(25(20)34)12-19(32)22(27(30)36)29(31)38/h9-10,13-15,18,20,25,33-36,39H,3-8,11-12H2,1-2H3,(H2,31,38). The average Bonchev–Trinajstić information content (AvgIpc) is 2.89. The Labute approximate surface area is 227 Å². The third-order valence-corrected chi connectivity index (χ3v) is 9.76. The van der Waals surface area contributed by atoms with Gasteiger partial charge < -0.3 is 31.3 Å². The molecule has 5 atom stereocenters. The molecular formula is C30H37NO8. The molecule has 39 heavy (non-hydrogen) atoms. The van der Waals surface area contributed by atoms with E-state index < -0.39 is 70.4 Å². The lowest BCUT2D eigenvalue weighted by Crippen LogP contribution is -2.63. The summed E-state index contributed by atoms with van der Waals surface area (Å²) in [5, 5.41) is 56.3. The lowest BCUT2D eigenvalue weighted by Gasteiger charge is -2.50. The first-order valence-corrected chi connectivity index (χ1v) is 13.9. The lowest BCUT2D eigenvalue weighted by atomic mass is 9.55. The number of amides is 1. The number of primary amides is 1. The molecule has 0 saturated heterocycles. The molecule has 210 valence electrons. The van der Waals surface area contributed by atoms with Crippen LogP contribution in [0, 0.1) is 23.7 Å². The van der Waals surface area contributed by atoms with E-state index in [-0.39, 0.29) is 16.9 Å². The third kappa shape index (κ3) is 4.00. The molecule has 1 amide bonds. The second-order valence-electron chi connectivity index (χ2n) is 11.9. The van der Waals surface area contributed by atoms with Gasteiger partial charge in [0.15, 0.2) is 11.4 Å². The van der Waals surface area contributed by atoms with Gasteiger partial charge in [-0.05, 0) is 48.1 Å². The van der Waals surface area contributed by atoms with Crippen LogP contribution in [-0.2, 0) is 20.8 Å². The number of ketones is 2. The number of rotatable bonds is 5. The molecule has 5 rings (SSSR count). The second-order valence-corrected chi connectivity index (χ2v) is 11.9. The molecule has 0 heterocycles. The Bertz CT molecular complexity index is 1300. The Hall–Kier alpha value is -3.17. The van der Waals surface area contributed by atoms with E-state index in [1.165, 1.54) is 12.8 Å². The molecule has 2 saturated carbocycles. The van der Waals surface area contributed by atoms with Crippen LogP contribution < -0.4 is 5.73 Å². The number of hydrogen-bond acceptors (Lipinski definition) is 8. The molecule has 0 bridgehead atoms. The van der Waals surface area contributed by atoms with Crippen molar-refractivity contribution in [2.75, 3.05) is 0 Å². The highest BCUT2D eigenvalue weighted by molar-refractivity contribution is 6.23. The maximum Gasteiger partial charge on any atom is 0.255 e. The predicted octanol–water partition coefficient (Wildman–Crippen LogP) is 3.10. The molecule has 5 unspecified atom stereocenters. The molecular weight excluding hydrogens is 502 g/mol. The van der Waals surface area contributed by atoms with Gasteiger partial charge in [-0.25, -0.2) is 0 Å². The van der Waals surface area contributed by atoms with Crippen LogP contribution in [0.2, 0.25) is 0 Å². The summed E-state index contributed by atoms with van der Waals surface area (Å²) in [5.41, 5.74) is 2.42. The second kappa shape index (κ2) is 9.78. The molecule has 4 aliphatic rings. The Kier molecular flexibility index (Phi) is 6.87. The Balaban J connectivity index is 1.56. The molecule has 2 fully saturated rings. The number of benzene rings is 1. The molecule has 4 aliphatic carbocycles. The molecule has 0 aromatic heterocycles. The minimum Gasteiger partial charge on any atom is -0.508 e. The van der Waals surface area contributed by atoms with Crippen LogP contribution in [-0.4, -0.2) is 54.7 Å². The fourth-order valence-electron chi connectivity index (χ4n) is 7.65. The smallest absolute Gasteiger partial charge is 0.255 e. The highest BCUT2D eigenvalue weighted by Gasteiger charge is 2.64. The summed E-state index contributed by atoms with van der Waals surface area (Å²) in [7, 11) is 0. The highest BCUT2D eigenvalue weighted by atomic mass is 16.4. The Morgan fingerprint density at radius 1 is 1.08 bits per heavy atom. The molecule has 0 spiro atoms. The van der Waals surface area contributed by atoms with Crippen molar-refractivity contribution in [3.63, 3.8) is 0 Å². The van der Waals surface area contributed by atoms with Crippen molar-refractivity contribution in [3.8, 4) is 5.75 Å². The van der Waals surface area contributed by atoms with E-state index in [9.17, 15) is 39.9 Å². The number of phenols is 1. The van der Waals surface area contributed by atoms with Gasteiger partial charge in [-0.2, -0.15) is 0 Å². The minimum atomic E-state index is -2.82. The van der Waals surface area contributed by atoms with E-state index in [4.69, 9.17) is 5.73 Å². The van der Waals surface area contributed by atoms with Crippen LogP contribution in [0.25, 0.3) is 5.76 Å². The first-order valence-electron chi connectivity index (χ1n) is 13.9. The molecule has 9 heteroatoms. The van der Waals surface area contributed by atoms with Crippen LogP contribution >= 0.6 is 0 Å². The largest absolute Gasteiger partial charge is 0.508 e. The molecule has 1 aromatic rings. The van der Waals surface area contributed by atoms with E-state index in [0.717, 1.165) is 31.6 Å². The number of nitrogens with two attached hydrogens (primary N) is 1. The van der Waals surface area contributed by atoms with E-state index in [0.29, 0.717) is 23.5 Å². The lowest BCUT2D eigenvalue weighted by molar-refractivity contribution is -0.160. The summed E-state index contributed by atoms with van der Waals surface area (Å²) < 4.78 is 0. The monoisotopic (exact) mass is 539 g/mol. The van der Waals surface area contributed by atoms with Gasteiger partial charge in [-0.1, -0.05) is 51.7 Å². The summed E-state index contributed by atoms with van der Waals surface area (Å²) in [6.45, 7) is 3.93. The van der Waals surface area contributed by atoms with Crippen molar-refractivity contribution in [1.29, 1.82) is 0 Å². The molecule has 1 aromatic carbocycles. The summed E-state index contributed by atoms with van der Waals surface area (Å²) in [6.07, 6.45) is 5.32. The fourth-order valence-corrected chi connectivity index (χ4v) is 7.65. The van der Waals surface area contributed by atoms with Gasteiger partial charge in [0.2, 0.25) is 5.78 Å². The zero-order valence-corrected chi connectivity index (χ0v) is 22.3. The van der Waals surface area contributed by atoms with Gasteiger partial charge >= 0.3 is 0 Å². The number of aliphatic hydroxyl groups excluding tert-OH is 3. The molecule has 0 radical (unpaired) electrons. The van der Waals surface area contributed by atoms with Crippen molar-refractivity contribution in [3.05, 3.63) is 45.7 Å². The maximum absolute atomic E-state index is 13.8. The summed E-state index contributed by atoms with van der Waals surface area (Å²) in [6, 6.07) is 3.61. The van der Waals surface area contributed by atoms with Crippen LogP contribution in [0.3, 0.4) is 0 Å². The number of hydrogen-bond donors (Lipinski definition) is 6. The maximum atomic E-state index is 13.8. The molecule has 0 aliphatic heterocycles. The fraction of sp³-hybridized carbons (Fsp3) is 0.567. The number of phenolic OH excluding ortho intramolecular Hbond substituents is 1. The molecule has 7 N–H and O–H groups in total. The van der Waals surface area contributed by atoms with E-state index in [2.05, 4.69) is 6.92 Å². The number of aromatic hydroxyl groups is 1. The Morgan fingerprint density at radius 2 is 1.72 bits per heavy atom. The number of aliphatic hydroxyl groups is 4. The van der Waals surface area contributed by atoms with Gasteiger partial charge in [0.1, 0.15) is 22.8 Å². The van der Waals surface area contributed by atoms with Crippen molar-refractivity contribution in [2.24, 2.45) is 29.4 Å². The number of carbonyl (C=O) groups is 3. The van der Waals surface area contributed by atoms with Gasteiger partial charge in [0.05, 0.1) is 11.7 Å². The third-order valence-electron chi connectivity index (χ3n) is 9.76. The first-order chi connectivity index (χ1) is 18.4. The predicted molar refractivity (Wildman–Crippen MR) is 142 cm³/mol. The summed E-state index contributed by atoms with van der Waals surface area (Å²) in [4.78, 5) is 38.2. The number of Topliss-reactive ketones (excluding diaryl/α,β-unsaturated/α-hetero) is 2. The highest BCUT2D eigenvalue weighted by Crippen LogP contribution is 2.56. The van der Waals surface area contributed by atoms with Crippen molar-refractivity contribution in [1.82, 2.24) is 0 Å². The minimum absolute atomic E-state index is 0.0685. The normalized spacial score (nSPS) is 34.5. The first kappa shape index (κ1) is 27.4. The van der Waals surface area contributed by atoms with Crippen LogP contribution in [0.1, 0.15) is 81.4 Å². The summed E-state index contributed by atoms with van der Waals surface area (Å²) >= 11 is 0. The molecule has 9 nitrogen and oxygen atoms in total. The van der Waals surface area contributed by atoms with Gasteiger partial charge in [-0.3, -0.25) is 14.4 Å². The van der Waals surface area contributed by atoms with E-state index in [1.54, 1.807) is 13.0 Å². The van der Waals surface area contributed by atoms with Crippen LogP contribution in [0.4, 0.5) is 0 Å². The van der Waals surface area contributed by atoms with Gasteiger partial charge in [0, 0.05) is 23.8 Å². The van der Waals surface area contributed by atoms with E-state index in [1.807, 2.05) is 6.07 Å². The van der Waals surface area contributed by atoms with Gasteiger partial charge in [0.25, 0.3) is 5.91 Å². The number of carbonyl (C=O) groups excluding carboxylic acids is 3. The van der Waals surface area contributed by atoms with Gasteiger partial charge in [-0.15, -0.1) is 0 Å². The van der Waals surface area contributed by atoms with Crippen molar-refractivity contribution in [2.45, 2.75) is 82.8 Å². The van der Waals surface area contributed by atoms with Crippen molar-refractivity contribution >= 4 is 23.2 Å². The Morgan fingerprint density at radius 3 is 2.33 bits per heavy atom. The zero-order chi connectivity index (χ0) is 28.4. The summed E-state index contributed by atoms with van der Waals surface area (Å²) in [5.74, 6) is -7.15. The number of fused-ring (bicyclic) bond motifs is 3. The SMILES string of the molecule is CCCC1CCC(Cc2ccc3c(c2O)C(O)=C2C(=O)C4(O)C(O)=C(C(N)=O)C(=O)CC4C(O)C2C3C)CC1. The average molecular weight is 540 g/mol. The quantitative estimate of drug-likeness (QED) is 0.309. The van der Waals surface area contributed by atoms with E-state index >= 15 is 0 Å². The zero-order valence-electron chi connectivity index (χ0n) is 22.3. The van der Waals surface area contributed by atoms with Crippen molar-refractivity contribution < 1.29 is 39.9 Å². The van der Waals surface area contributed by atoms with Crippen LogP contribution in [0.15, 0.2) is 29.0 Å². The van der Waals surface area contributed by atoms with Crippen LogP contribution in [0.5, 0.6) is 5.75 Å².